The van der Waals surface area contributed by atoms with E-state index in [2.05, 4.69) is 0 Å². The lowest BCUT2D eigenvalue weighted by Crippen LogP contribution is -2.22. The van der Waals surface area contributed by atoms with E-state index in [0.717, 1.165) is 6.42 Å². The molecule has 5 heteroatoms. The second kappa shape index (κ2) is 5.84. The number of ketones is 2. The summed E-state index contributed by atoms with van der Waals surface area (Å²) < 4.78 is 10.2. The normalized spacial score (nSPS) is 18.3. The highest BCUT2D eigenvalue weighted by atomic mass is 16.5. The number of carbonyl (C=O) groups excluding carboxylic acids is 2. The molecule has 1 fully saturated rings. The minimum atomic E-state index is -0.468. The first-order chi connectivity index (χ1) is 9.11. The summed E-state index contributed by atoms with van der Waals surface area (Å²) in [5.41, 5.74) is 0.132. The molecule has 1 atom stereocenters. The molecule has 0 aromatic heterocycles. The smallest absolute Gasteiger partial charge is 0.174 e. The van der Waals surface area contributed by atoms with Crippen molar-refractivity contribution in [2.24, 2.45) is 0 Å². The average molecular weight is 264 g/mol. The molecule has 0 aliphatic carbocycles. The molecule has 1 aliphatic heterocycles. The van der Waals surface area contributed by atoms with Crippen LogP contribution in [0.1, 0.15) is 29.6 Å². The fourth-order valence-corrected chi connectivity index (χ4v) is 2.07. The van der Waals surface area contributed by atoms with E-state index in [1.54, 1.807) is 6.07 Å². The molecule has 0 amide bonds. The Hall–Kier alpha value is -1.88. The second-order valence-electron chi connectivity index (χ2n) is 4.45. The summed E-state index contributed by atoms with van der Waals surface area (Å²) in [5.74, 6) is -0.345. The molecule has 1 heterocycles. The van der Waals surface area contributed by atoms with Crippen LogP contribution >= 0.6 is 0 Å². The highest BCUT2D eigenvalue weighted by molar-refractivity contribution is 6.10. The first-order valence-corrected chi connectivity index (χ1v) is 6.16. The lowest BCUT2D eigenvalue weighted by molar-refractivity contribution is -0.126. The quantitative estimate of drug-likeness (QED) is 0.647. The fourth-order valence-electron chi connectivity index (χ4n) is 2.07. The lowest BCUT2D eigenvalue weighted by atomic mass is 10.0. The summed E-state index contributed by atoms with van der Waals surface area (Å²) in [6, 6.07) is 4.38. The Labute approximate surface area is 111 Å². The Morgan fingerprint density at radius 3 is 2.84 bits per heavy atom. The Morgan fingerprint density at radius 2 is 2.26 bits per heavy atom. The molecule has 0 spiro atoms. The molecule has 0 bridgehead atoms. The van der Waals surface area contributed by atoms with Crippen molar-refractivity contribution in [3.63, 3.8) is 0 Å². The Morgan fingerprint density at radius 1 is 1.47 bits per heavy atom. The summed E-state index contributed by atoms with van der Waals surface area (Å²) in [4.78, 5) is 23.8. The number of rotatable bonds is 5. The van der Waals surface area contributed by atoms with Crippen molar-refractivity contribution in [1.29, 1.82) is 0 Å². The third-order valence-corrected chi connectivity index (χ3v) is 3.13. The number of ether oxygens (including phenoxy) is 2. The summed E-state index contributed by atoms with van der Waals surface area (Å²) in [5, 5.41) is 9.73. The minimum Gasteiger partial charge on any atom is -0.507 e. The van der Waals surface area contributed by atoms with E-state index >= 15 is 0 Å². The molecule has 2 rings (SSSR count). The van der Waals surface area contributed by atoms with E-state index in [4.69, 9.17) is 9.47 Å². The van der Waals surface area contributed by atoms with Crippen molar-refractivity contribution in [3.8, 4) is 11.5 Å². The molecule has 0 saturated carbocycles. The largest absolute Gasteiger partial charge is 0.507 e. The van der Waals surface area contributed by atoms with Crippen molar-refractivity contribution in [2.45, 2.75) is 25.4 Å². The Balaban J connectivity index is 2.05. The number of phenols is 1. The number of benzene rings is 1. The number of methoxy groups -OCH3 is 1. The van der Waals surface area contributed by atoms with Crippen LogP contribution in [0.15, 0.2) is 18.2 Å². The van der Waals surface area contributed by atoms with Crippen molar-refractivity contribution in [3.05, 3.63) is 23.8 Å². The van der Waals surface area contributed by atoms with Crippen LogP contribution in [0.4, 0.5) is 0 Å². The maximum atomic E-state index is 12.0. The monoisotopic (exact) mass is 264 g/mol. The van der Waals surface area contributed by atoms with Crippen molar-refractivity contribution >= 4 is 11.6 Å². The summed E-state index contributed by atoms with van der Waals surface area (Å²) in [7, 11) is 1.47. The molecule has 1 unspecified atom stereocenters. The summed E-state index contributed by atoms with van der Waals surface area (Å²) >= 11 is 0. The van der Waals surface area contributed by atoms with Gasteiger partial charge in [-0.1, -0.05) is 0 Å². The van der Waals surface area contributed by atoms with Gasteiger partial charge in [-0.2, -0.15) is 0 Å². The fraction of sp³-hybridized carbons (Fsp3) is 0.429. The number of phenolic OH excluding ortho intramolecular Hbond substituents is 1. The predicted molar refractivity (Wildman–Crippen MR) is 67.6 cm³/mol. The standard InChI is InChI=1S/C14H16O5/c1-18-9-4-5-10(11(15)7-9)12(16)8-13(17)14-3-2-6-19-14/h4-5,7,14-15H,2-3,6,8H2,1H3. The first kappa shape index (κ1) is 13.5. The van der Waals surface area contributed by atoms with Gasteiger partial charge in [-0.25, -0.2) is 0 Å². The highest BCUT2D eigenvalue weighted by Gasteiger charge is 2.26. The van der Waals surface area contributed by atoms with Gasteiger partial charge in [-0.15, -0.1) is 0 Å². The van der Waals surface area contributed by atoms with Gasteiger partial charge in [0.25, 0.3) is 0 Å². The molecule has 102 valence electrons. The molecular formula is C14H16O5. The van der Waals surface area contributed by atoms with Crippen LogP contribution < -0.4 is 4.74 Å². The van der Waals surface area contributed by atoms with Crippen LogP contribution in [0.25, 0.3) is 0 Å². The molecular weight excluding hydrogens is 248 g/mol. The summed E-state index contributed by atoms with van der Waals surface area (Å²) in [6.07, 6.45) is 0.799. The first-order valence-electron chi connectivity index (χ1n) is 6.16. The van der Waals surface area contributed by atoms with E-state index in [0.29, 0.717) is 18.8 Å². The van der Waals surface area contributed by atoms with Crippen LogP contribution in [-0.2, 0) is 9.53 Å². The lowest BCUT2D eigenvalue weighted by Gasteiger charge is -2.09. The van der Waals surface area contributed by atoms with E-state index in [1.807, 2.05) is 0 Å². The van der Waals surface area contributed by atoms with Gasteiger partial charge in [-0.3, -0.25) is 9.59 Å². The SMILES string of the molecule is COc1ccc(C(=O)CC(=O)C2CCCO2)c(O)c1. The second-order valence-corrected chi connectivity index (χ2v) is 4.45. The van der Waals surface area contributed by atoms with Crippen molar-refractivity contribution in [1.82, 2.24) is 0 Å². The van der Waals surface area contributed by atoms with E-state index < -0.39 is 11.9 Å². The van der Waals surface area contributed by atoms with Crippen LogP contribution in [0, 0.1) is 0 Å². The summed E-state index contributed by atoms with van der Waals surface area (Å²) in [6.45, 7) is 0.568. The van der Waals surface area contributed by atoms with Gasteiger partial charge in [0.1, 0.15) is 17.6 Å². The molecule has 0 radical (unpaired) electrons. The topological polar surface area (TPSA) is 72.8 Å². The molecule has 1 aliphatic rings. The maximum absolute atomic E-state index is 12.0. The van der Waals surface area contributed by atoms with Gasteiger partial charge in [-0.05, 0) is 25.0 Å². The highest BCUT2D eigenvalue weighted by Crippen LogP contribution is 2.25. The van der Waals surface area contributed by atoms with Gasteiger partial charge >= 0.3 is 0 Å². The third kappa shape index (κ3) is 3.12. The zero-order valence-electron chi connectivity index (χ0n) is 10.7. The van der Waals surface area contributed by atoms with Gasteiger partial charge in [0.2, 0.25) is 0 Å². The van der Waals surface area contributed by atoms with Crippen LogP contribution in [0.3, 0.4) is 0 Å². The van der Waals surface area contributed by atoms with Gasteiger partial charge in [0.05, 0.1) is 19.1 Å². The zero-order valence-corrected chi connectivity index (χ0v) is 10.7. The van der Waals surface area contributed by atoms with Crippen LogP contribution in [0.2, 0.25) is 0 Å². The molecule has 19 heavy (non-hydrogen) atoms. The van der Waals surface area contributed by atoms with E-state index in [1.165, 1.54) is 19.2 Å². The molecule has 1 saturated heterocycles. The Bertz CT molecular complexity index is 489. The van der Waals surface area contributed by atoms with Crippen LogP contribution in [0.5, 0.6) is 11.5 Å². The van der Waals surface area contributed by atoms with Gasteiger partial charge < -0.3 is 14.6 Å². The third-order valence-electron chi connectivity index (χ3n) is 3.13. The molecule has 5 nitrogen and oxygen atoms in total. The van der Waals surface area contributed by atoms with E-state index in [-0.39, 0.29) is 23.5 Å². The predicted octanol–water partition coefficient (Wildman–Crippen LogP) is 1.72. The van der Waals surface area contributed by atoms with Gasteiger partial charge in [0, 0.05) is 12.7 Å². The van der Waals surface area contributed by atoms with Crippen molar-refractivity contribution in [2.75, 3.05) is 13.7 Å². The molecule has 1 N–H and O–H groups in total. The van der Waals surface area contributed by atoms with Gasteiger partial charge in [0.15, 0.2) is 11.6 Å². The Kier molecular flexibility index (Phi) is 4.16. The average Bonchev–Trinajstić information content (AvgIpc) is 2.92. The van der Waals surface area contributed by atoms with Crippen molar-refractivity contribution < 1.29 is 24.2 Å². The van der Waals surface area contributed by atoms with Crippen LogP contribution in [-0.4, -0.2) is 36.5 Å². The van der Waals surface area contributed by atoms with E-state index in [9.17, 15) is 14.7 Å². The minimum absolute atomic E-state index is 0.132. The number of hydrogen-bond donors (Lipinski definition) is 1. The maximum Gasteiger partial charge on any atom is 0.174 e. The number of hydrogen-bond acceptors (Lipinski definition) is 5. The molecule has 1 aromatic rings. The number of carbonyl (C=O) groups is 2. The number of Topliss-reactive ketones (excluding diaryl/α,β-unsaturated/α-hetero) is 2. The number of aromatic hydroxyl groups is 1. The zero-order chi connectivity index (χ0) is 13.8. The molecule has 1 aromatic carbocycles.